The SMILES string of the molecule is COCCN(CCNCc1ccc(Cl)s1)C(C)C1CC1. The summed E-state index contributed by atoms with van der Waals surface area (Å²) >= 11 is 7.58. The van der Waals surface area contributed by atoms with Gasteiger partial charge >= 0.3 is 0 Å². The lowest BCUT2D eigenvalue weighted by Gasteiger charge is -2.29. The fourth-order valence-electron chi connectivity index (χ4n) is 2.49. The van der Waals surface area contributed by atoms with Gasteiger partial charge in [0.15, 0.2) is 0 Å². The second-order valence-electron chi connectivity index (χ2n) is 5.49. The van der Waals surface area contributed by atoms with Crippen LogP contribution in [0.2, 0.25) is 4.34 Å². The molecule has 1 fully saturated rings. The monoisotopic (exact) mass is 316 g/mol. The molecule has 0 amide bonds. The Hall–Kier alpha value is -0.130. The fourth-order valence-corrected chi connectivity index (χ4v) is 3.54. The van der Waals surface area contributed by atoms with Crippen LogP contribution in [0.4, 0.5) is 0 Å². The molecule has 1 unspecified atom stereocenters. The highest BCUT2D eigenvalue weighted by Gasteiger charge is 2.31. The van der Waals surface area contributed by atoms with E-state index in [2.05, 4.69) is 23.2 Å². The minimum atomic E-state index is 0.683. The van der Waals surface area contributed by atoms with Crippen LogP contribution in [-0.2, 0) is 11.3 Å². The van der Waals surface area contributed by atoms with Crippen molar-refractivity contribution in [3.63, 3.8) is 0 Å². The smallest absolute Gasteiger partial charge is 0.0931 e. The van der Waals surface area contributed by atoms with Gasteiger partial charge in [-0.1, -0.05) is 11.6 Å². The molecule has 3 nitrogen and oxygen atoms in total. The molecule has 114 valence electrons. The molecule has 1 saturated carbocycles. The third-order valence-electron chi connectivity index (χ3n) is 3.97. The van der Waals surface area contributed by atoms with Crippen molar-refractivity contribution in [2.75, 3.05) is 33.4 Å². The number of thiophene rings is 1. The standard InChI is InChI=1S/C15H25ClN2OS/c1-12(13-3-4-13)18(9-10-19-2)8-7-17-11-14-5-6-15(16)20-14/h5-6,12-13,17H,3-4,7-11H2,1-2H3. The van der Waals surface area contributed by atoms with Crippen LogP contribution < -0.4 is 5.32 Å². The van der Waals surface area contributed by atoms with E-state index in [0.29, 0.717) is 6.04 Å². The second-order valence-corrected chi connectivity index (χ2v) is 7.29. The maximum atomic E-state index is 5.93. The number of halogens is 1. The summed E-state index contributed by atoms with van der Waals surface area (Å²) < 4.78 is 6.09. The summed E-state index contributed by atoms with van der Waals surface area (Å²) in [6.07, 6.45) is 2.79. The van der Waals surface area contributed by atoms with Crippen molar-refractivity contribution in [2.24, 2.45) is 5.92 Å². The van der Waals surface area contributed by atoms with Crippen molar-refractivity contribution in [3.8, 4) is 0 Å². The number of ether oxygens (including phenoxy) is 1. The van der Waals surface area contributed by atoms with Gasteiger partial charge in [0.1, 0.15) is 0 Å². The zero-order chi connectivity index (χ0) is 14.4. The molecule has 0 radical (unpaired) electrons. The van der Waals surface area contributed by atoms with Crippen LogP contribution in [0.3, 0.4) is 0 Å². The molecule has 0 aliphatic heterocycles. The van der Waals surface area contributed by atoms with Crippen LogP contribution in [0.1, 0.15) is 24.6 Å². The maximum absolute atomic E-state index is 5.93. The molecule has 1 aromatic rings. The first-order valence-corrected chi connectivity index (χ1v) is 8.58. The number of nitrogens with one attached hydrogen (secondary N) is 1. The number of hydrogen-bond acceptors (Lipinski definition) is 4. The molecule has 2 rings (SSSR count). The van der Waals surface area contributed by atoms with Crippen LogP contribution in [-0.4, -0.2) is 44.3 Å². The highest BCUT2D eigenvalue weighted by atomic mass is 35.5. The van der Waals surface area contributed by atoms with E-state index in [4.69, 9.17) is 16.3 Å². The van der Waals surface area contributed by atoms with E-state index in [1.807, 2.05) is 6.07 Å². The van der Waals surface area contributed by atoms with Crippen LogP contribution in [0, 0.1) is 5.92 Å². The van der Waals surface area contributed by atoms with Gasteiger partial charge in [-0.25, -0.2) is 0 Å². The first-order valence-electron chi connectivity index (χ1n) is 7.38. The maximum Gasteiger partial charge on any atom is 0.0931 e. The van der Waals surface area contributed by atoms with Crippen LogP contribution in [0.15, 0.2) is 12.1 Å². The third-order valence-corrected chi connectivity index (χ3v) is 5.20. The molecule has 20 heavy (non-hydrogen) atoms. The van der Waals surface area contributed by atoms with Gasteiger partial charge in [-0.3, -0.25) is 4.90 Å². The summed E-state index contributed by atoms with van der Waals surface area (Å²) in [6.45, 7) is 7.20. The number of hydrogen-bond donors (Lipinski definition) is 1. The van der Waals surface area contributed by atoms with Gasteiger partial charge in [-0.05, 0) is 37.8 Å². The summed E-state index contributed by atoms with van der Waals surface area (Å²) in [5, 5.41) is 3.51. The highest BCUT2D eigenvalue weighted by molar-refractivity contribution is 7.16. The molecule has 1 aliphatic rings. The van der Waals surface area contributed by atoms with Gasteiger partial charge in [0.2, 0.25) is 0 Å². The molecule has 1 atom stereocenters. The molecule has 0 spiro atoms. The van der Waals surface area contributed by atoms with Gasteiger partial charge in [0.05, 0.1) is 10.9 Å². The topological polar surface area (TPSA) is 24.5 Å². The van der Waals surface area contributed by atoms with Gasteiger partial charge in [0.25, 0.3) is 0 Å². The summed E-state index contributed by atoms with van der Waals surface area (Å²) in [4.78, 5) is 3.85. The molecule has 0 aromatic carbocycles. The Balaban J connectivity index is 1.67. The van der Waals surface area contributed by atoms with E-state index in [0.717, 1.165) is 43.0 Å². The quantitative estimate of drug-likeness (QED) is 0.671. The van der Waals surface area contributed by atoms with Crippen molar-refractivity contribution in [3.05, 3.63) is 21.3 Å². The van der Waals surface area contributed by atoms with E-state index in [1.165, 1.54) is 17.7 Å². The van der Waals surface area contributed by atoms with E-state index in [-0.39, 0.29) is 0 Å². The zero-order valence-electron chi connectivity index (χ0n) is 12.4. The van der Waals surface area contributed by atoms with Crippen molar-refractivity contribution < 1.29 is 4.74 Å². The molecule has 1 aromatic heterocycles. The van der Waals surface area contributed by atoms with Gasteiger partial charge < -0.3 is 10.1 Å². The van der Waals surface area contributed by atoms with E-state index in [1.54, 1.807) is 18.4 Å². The molecule has 1 aliphatic carbocycles. The predicted molar refractivity (Wildman–Crippen MR) is 86.7 cm³/mol. The van der Waals surface area contributed by atoms with E-state index in [9.17, 15) is 0 Å². The number of rotatable bonds is 10. The van der Waals surface area contributed by atoms with E-state index >= 15 is 0 Å². The lowest BCUT2D eigenvalue weighted by Crippen LogP contribution is -2.41. The normalized spacial score (nSPS) is 16.8. The Bertz CT molecular complexity index is 395. The minimum absolute atomic E-state index is 0.683. The summed E-state index contributed by atoms with van der Waals surface area (Å²) in [6, 6.07) is 4.74. The number of nitrogens with zero attached hydrogens (tertiary/aromatic N) is 1. The minimum Gasteiger partial charge on any atom is -0.383 e. The van der Waals surface area contributed by atoms with Gasteiger partial charge in [-0.2, -0.15) is 0 Å². The molecule has 5 heteroatoms. The largest absolute Gasteiger partial charge is 0.383 e. The second kappa shape index (κ2) is 8.35. The van der Waals surface area contributed by atoms with Crippen molar-refractivity contribution in [1.82, 2.24) is 10.2 Å². The lowest BCUT2D eigenvalue weighted by atomic mass is 10.2. The molecule has 1 N–H and O–H groups in total. The molecule has 1 heterocycles. The summed E-state index contributed by atoms with van der Waals surface area (Å²) in [7, 11) is 1.78. The Morgan fingerprint density at radius 2 is 2.25 bits per heavy atom. The molecule has 0 saturated heterocycles. The Morgan fingerprint density at radius 3 is 2.85 bits per heavy atom. The van der Waals surface area contributed by atoms with Crippen LogP contribution >= 0.6 is 22.9 Å². The average Bonchev–Trinajstić information content (AvgIpc) is 3.21. The number of methoxy groups -OCH3 is 1. The Labute approximate surface area is 131 Å². The van der Waals surface area contributed by atoms with Crippen molar-refractivity contribution in [1.29, 1.82) is 0 Å². The zero-order valence-corrected chi connectivity index (χ0v) is 14.0. The fraction of sp³-hybridized carbons (Fsp3) is 0.733. The lowest BCUT2D eigenvalue weighted by molar-refractivity contribution is 0.117. The van der Waals surface area contributed by atoms with Crippen LogP contribution in [0.25, 0.3) is 0 Å². The summed E-state index contributed by atoms with van der Waals surface area (Å²) in [5.74, 6) is 0.906. The predicted octanol–water partition coefficient (Wildman–Crippen LogP) is 3.24. The average molecular weight is 317 g/mol. The Kier molecular flexibility index (Phi) is 6.78. The van der Waals surface area contributed by atoms with Gasteiger partial charge in [-0.15, -0.1) is 11.3 Å². The first-order chi connectivity index (χ1) is 9.70. The van der Waals surface area contributed by atoms with Crippen molar-refractivity contribution >= 4 is 22.9 Å². The van der Waals surface area contributed by atoms with Crippen molar-refractivity contribution in [2.45, 2.75) is 32.4 Å². The summed E-state index contributed by atoms with van der Waals surface area (Å²) in [5.41, 5.74) is 0. The molecular formula is C15H25ClN2OS. The first kappa shape index (κ1) is 16.2. The third kappa shape index (κ3) is 5.34. The molecular weight excluding hydrogens is 292 g/mol. The molecule has 0 bridgehead atoms. The highest BCUT2D eigenvalue weighted by Crippen LogP contribution is 2.34. The van der Waals surface area contributed by atoms with Crippen LogP contribution in [0.5, 0.6) is 0 Å². The van der Waals surface area contributed by atoms with E-state index < -0.39 is 0 Å². The van der Waals surface area contributed by atoms with Gasteiger partial charge in [0, 0.05) is 44.2 Å². The Morgan fingerprint density at radius 1 is 1.45 bits per heavy atom.